The van der Waals surface area contributed by atoms with Crippen molar-refractivity contribution in [2.24, 2.45) is 0 Å². The van der Waals surface area contributed by atoms with E-state index < -0.39 is 4.92 Å². The third kappa shape index (κ3) is 6.25. The van der Waals surface area contributed by atoms with Gasteiger partial charge in [-0.2, -0.15) is 0 Å². The minimum absolute atomic E-state index is 0.00859. The molecule has 0 bridgehead atoms. The lowest BCUT2D eigenvalue weighted by molar-refractivity contribution is -0.385. The van der Waals surface area contributed by atoms with E-state index in [-0.39, 0.29) is 34.7 Å². The number of likely N-dealkylation sites (N-methyl/N-ethyl adjacent to an activating group) is 1. The monoisotopic (exact) mass is 531 g/mol. The number of nitro groups is 1. The molecule has 0 saturated carbocycles. The molecule has 1 aromatic heterocycles. The maximum Gasteiger partial charge on any atom is 0.289 e. The highest BCUT2D eigenvalue weighted by molar-refractivity contribution is 5.91. The van der Waals surface area contributed by atoms with E-state index in [1.807, 2.05) is 25.1 Å². The Labute approximate surface area is 232 Å². The van der Waals surface area contributed by atoms with Gasteiger partial charge in [-0.3, -0.25) is 14.9 Å². The lowest BCUT2D eigenvalue weighted by Gasteiger charge is -2.42. The van der Waals surface area contributed by atoms with E-state index in [2.05, 4.69) is 46.8 Å². The van der Waals surface area contributed by atoms with Crippen molar-refractivity contribution < 1.29 is 14.1 Å². The highest BCUT2D eigenvalue weighted by Gasteiger charge is 2.37. The van der Waals surface area contributed by atoms with Crippen LogP contribution in [0, 0.1) is 17.0 Å². The Kier molecular flexibility index (Phi) is 8.03. The van der Waals surface area contributed by atoms with Gasteiger partial charge in [-0.1, -0.05) is 58.0 Å². The first kappa shape index (κ1) is 28.6. The van der Waals surface area contributed by atoms with E-state index >= 15 is 0 Å². The summed E-state index contributed by atoms with van der Waals surface area (Å²) in [5, 5.41) is 11.6. The van der Waals surface area contributed by atoms with Gasteiger partial charge in [0, 0.05) is 31.1 Å². The summed E-state index contributed by atoms with van der Waals surface area (Å²) in [6, 6.07) is 14.8. The average molecular weight is 532 g/mol. The molecule has 7 heteroatoms. The fourth-order valence-electron chi connectivity index (χ4n) is 5.49. The molecule has 1 heterocycles. The Balaban J connectivity index is 1.59. The van der Waals surface area contributed by atoms with Gasteiger partial charge in [0.25, 0.3) is 11.6 Å². The topological polar surface area (TPSA) is 79.8 Å². The summed E-state index contributed by atoms with van der Waals surface area (Å²) in [5.41, 5.74) is 6.05. The molecule has 1 aliphatic carbocycles. The van der Waals surface area contributed by atoms with Crippen molar-refractivity contribution in [3.8, 4) is 0 Å². The Bertz CT molecular complexity index is 1370. The Hall–Kier alpha value is -3.45. The van der Waals surface area contributed by atoms with Gasteiger partial charge in [0.05, 0.1) is 11.5 Å². The van der Waals surface area contributed by atoms with Gasteiger partial charge >= 0.3 is 0 Å². The largest absolute Gasteiger partial charge is 0.456 e. The maximum atomic E-state index is 13.6. The van der Waals surface area contributed by atoms with Crippen LogP contribution in [0.1, 0.15) is 84.7 Å². The number of furan rings is 1. The second-order valence-electron chi connectivity index (χ2n) is 12.5. The first-order valence-electron chi connectivity index (χ1n) is 13.7. The molecule has 208 valence electrons. The van der Waals surface area contributed by atoms with Gasteiger partial charge in [0.2, 0.25) is 0 Å². The number of aryl methyl sites for hydroxylation is 1. The van der Waals surface area contributed by atoms with Gasteiger partial charge in [-0.15, -0.1) is 0 Å². The number of hydrogen-bond donors (Lipinski definition) is 0. The van der Waals surface area contributed by atoms with Gasteiger partial charge < -0.3 is 14.2 Å². The van der Waals surface area contributed by atoms with Crippen molar-refractivity contribution in [2.45, 2.75) is 71.3 Å². The quantitative estimate of drug-likeness (QED) is 0.228. The van der Waals surface area contributed by atoms with Crippen LogP contribution in [0.4, 0.5) is 5.69 Å². The zero-order chi connectivity index (χ0) is 28.5. The molecule has 4 rings (SSSR count). The number of carbonyl (C=O) groups is 1. The van der Waals surface area contributed by atoms with E-state index in [0.29, 0.717) is 25.1 Å². The summed E-state index contributed by atoms with van der Waals surface area (Å²) < 4.78 is 6.11. The standard InChI is InChI=1S/C32H41N3O4/c1-22-18-26-27(32(4,5)15-14-31(26,2)3)20-24(22)19-25-12-13-29(39-25)30(36)34(17-16-33(6)7)21-23-10-8-9-11-28(23)35(37)38/h8-13,18,20H,14-17,19,21H2,1-7H3. The molecule has 0 spiro atoms. The summed E-state index contributed by atoms with van der Waals surface area (Å²) in [7, 11) is 3.86. The summed E-state index contributed by atoms with van der Waals surface area (Å²) in [5.74, 6) is 0.707. The van der Waals surface area contributed by atoms with Crippen LogP contribution in [0.2, 0.25) is 0 Å². The van der Waals surface area contributed by atoms with Crippen LogP contribution in [-0.4, -0.2) is 47.8 Å². The number of nitrogens with zero attached hydrogens (tertiary/aromatic N) is 3. The second kappa shape index (κ2) is 11.0. The molecule has 1 amide bonds. The molecule has 39 heavy (non-hydrogen) atoms. The number of benzene rings is 2. The number of para-hydroxylation sites is 1. The minimum Gasteiger partial charge on any atom is -0.456 e. The van der Waals surface area contributed by atoms with E-state index in [0.717, 1.165) is 12.2 Å². The molecule has 0 atom stereocenters. The van der Waals surface area contributed by atoms with Crippen LogP contribution in [0.5, 0.6) is 0 Å². The van der Waals surface area contributed by atoms with Crippen molar-refractivity contribution in [1.82, 2.24) is 9.80 Å². The number of fused-ring (bicyclic) bond motifs is 1. The number of nitro benzene ring substituents is 1. The van der Waals surface area contributed by atoms with Crippen LogP contribution in [0.15, 0.2) is 52.9 Å². The minimum atomic E-state index is -0.405. The van der Waals surface area contributed by atoms with Gasteiger partial charge in [0.15, 0.2) is 5.76 Å². The van der Waals surface area contributed by atoms with Crippen molar-refractivity contribution in [3.05, 3.63) is 98.0 Å². The molecule has 0 radical (unpaired) electrons. The highest BCUT2D eigenvalue weighted by atomic mass is 16.6. The number of hydrogen-bond acceptors (Lipinski definition) is 5. The normalized spacial score (nSPS) is 15.7. The smallest absolute Gasteiger partial charge is 0.289 e. The molecule has 0 N–H and O–H groups in total. The van der Waals surface area contributed by atoms with E-state index in [1.54, 1.807) is 29.2 Å². The zero-order valence-electron chi connectivity index (χ0n) is 24.3. The average Bonchev–Trinajstić information content (AvgIpc) is 3.33. The third-order valence-corrected chi connectivity index (χ3v) is 8.20. The molecule has 0 aliphatic heterocycles. The zero-order valence-corrected chi connectivity index (χ0v) is 24.3. The highest BCUT2D eigenvalue weighted by Crippen LogP contribution is 2.46. The van der Waals surface area contributed by atoms with Crippen LogP contribution in [0.3, 0.4) is 0 Å². The SMILES string of the molecule is Cc1cc2c(cc1Cc1ccc(C(=O)N(CCN(C)C)Cc3ccccc3[N+](=O)[O-])o1)C(C)(C)CCC2(C)C. The van der Waals surface area contributed by atoms with E-state index in [4.69, 9.17) is 4.42 Å². The Morgan fingerprint density at radius 1 is 0.949 bits per heavy atom. The van der Waals surface area contributed by atoms with Crippen LogP contribution < -0.4 is 0 Å². The summed E-state index contributed by atoms with van der Waals surface area (Å²) in [6.45, 7) is 12.6. The molecular weight excluding hydrogens is 490 g/mol. The van der Waals surface area contributed by atoms with E-state index in [1.165, 1.54) is 34.7 Å². The van der Waals surface area contributed by atoms with Crippen LogP contribution in [0.25, 0.3) is 0 Å². The number of carbonyl (C=O) groups excluding carboxylic acids is 1. The third-order valence-electron chi connectivity index (χ3n) is 8.20. The first-order valence-corrected chi connectivity index (χ1v) is 13.7. The first-order chi connectivity index (χ1) is 18.3. The fourth-order valence-corrected chi connectivity index (χ4v) is 5.49. The number of amides is 1. The number of rotatable bonds is 9. The molecule has 0 unspecified atom stereocenters. The maximum absolute atomic E-state index is 13.6. The summed E-state index contributed by atoms with van der Waals surface area (Å²) in [6.07, 6.45) is 2.92. The predicted molar refractivity (Wildman–Crippen MR) is 154 cm³/mol. The predicted octanol–water partition coefficient (Wildman–Crippen LogP) is 6.64. The molecule has 0 saturated heterocycles. The molecule has 7 nitrogen and oxygen atoms in total. The second-order valence-corrected chi connectivity index (χ2v) is 12.5. The Morgan fingerprint density at radius 2 is 1.59 bits per heavy atom. The lowest BCUT2D eigenvalue weighted by Crippen LogP contribution is -2.36. The van der Waals surface area contributed by atoms with E-state index in [9.17, 15) is 14.9 Å². The van der Waals surface area contributed by atoms with Crippen molar-refractivity contribution in [2.75, 3.05) is 27.2 Å². The van der Waals surface area contributed by atoms with Crippen LogP contribution >= 0.6 is 0 Å². The molecule has 2 aromatic carbocycles. The van der Waals surface area contributed by atoms with Crippen molar-refractivity contribution in [1.29, 1.82) is 0 Å². The summed E-state index contributed by atoms with van der Waals surface area (Å²) >= 11 is 0. The fraction of sp³-hybridized carbons (Fsp3) is 0.469. The molecule has 1 aliphatic rings. The summed E-state index contributed by atoms with van der Waals surface area (Å²) in [4.78, 5) is 28.3. The van der Waals surface area contributed by atoms with Crippen molar-refractivity contribution >= 4 is 11.6 Å². The lowest BCUT2D eigenvalue weighted by atomic mass is 9.62. The molecule has 3 aromatic rings. The van der Waals surface area contributed by atoms with Gasteiger partial charge in [0.1, 0.15) is 5.76 Å². The Morgan fingerprint density at radius 3 is 2.23 bits per heavy atom. The molecule has 0 fully saturated rings. The van der Waals surface area contributed by atoms with Crippen molar-refractivity contribution in [3.63, 3.8) is 0 Å². The molecular formula is C32H41N3O4. The van der Waals surface area contributed by atoms with Crippen LogP contribution in [-0.2, 0) is 23.8 Å². The van der Waals surface area contributed by atoms with Gasteiger partial charge in [-0.25, -0.2) is 0 Å². The van der Waals surface area contributed by atoms with Gasteiger partial charge in [-0.05, 0) is 79.1 Å².